The Hall–Kier alpha value is -1.72. The number of nitrogens with one attached hydrogen (secondary N) is 1. The van der Waals surface area contributed by atoms with Crippen LogP contribution in [0.25, 0.3) is 0 Å². The first kappa shape index (κ1) is 14.7. The van der Waals surface area contributed by atoms with Crippen LogP contribution in [0.4, 0.5) is 0 Å². The molecule has 1 aromatic heterocycles. The molecule has 1 heterocycles. The van der Waals surface area contributed by atoms with E-state index in [1.54, 1.807) is 5.38 Å². The summed E-state index contributed by atoms with van der Waals surface area (Å²) >= 11 is 1.41. The summed E-state index contributed by atoms with van der Waals surface area (Å²) in [5, 5.41) is 5.47. The molecule has 0 radical (unpaired) electrons. The Morgan fingerprint density at radius 1 is 1.40 bits per heavy atom. The van der Waals surface area contributed by atoms with Crippen LogP contribution in [-0.2, 0) is 13.0 Å². The SMILES string of the molecule is CCc1ccc(C(C)NC(=O)c2csc(CN)n2)cc1. The molecule has 2 aromatic rings. The Morgan fingerprint density at radius 3 is 2.65 bits per heavy atom. The molecule has 1 unspecified atom stereocenters. The molecule has 1 atom stereocenters. The summed E-state index contributed by atoms with van der Waals surface area (Å²) in [4.78, 5) is 16.3. The molecule has 1 amide bonds. The summed E-state index contributed by atoms with van der Waals surface area (Å²) in [6.45, 7) is 4.46. The summed E-state index contributed by atoms with van der Waals surface area (Å²) in [5.74, 6) is -0.159. The van der Waals surface area contributed by atoms with Crippen molar-refractivity contribution in [2.75, 3.05) is 0 Å². The minimum atomic E-state index is -0.159. The molecule has 0 saturated carbocycles. The van der Waals surface area contributed by atoms with Crippen molar-refractivity contribution < 1.29 is 4.79 Å². The molecule has 0 spiro atoms. The van der Waals surface area contributed by atoms with Crippen LogP contribution in [0.2, 0.25) is 0 Å². The van der Waals surface area contributed by atoms with Crippen LogP contribution in [0, 0.1) is 0 Å². The summed E-state index contributed by atoms with van der Waals surface area (Å²) in [6, 6.07) is 8.24. The first-order valence-corrected chi connectivity index (χ1v) is 7.56. The summed E-state index contributed by atoms with van der Waals surface area (Å²) in [5.41, 5.74) is 8.32. The molecular weight excluding hydrogens is 270 g/mol. The standard InChI is InChI=1S/C15H19N3OS/c1-3-11-4-6-12(7-5-11)10(2)17-15(19)13-9-20-14(8-16)18-13/h4-7,9-10H,3,8,16H2,1-2H3,(H,17,19). The number of carbonyl (C=O) groups is 1. The highest BCUT2D eigenvalue weighted by Crippen LogP contribution is 2.15. The fraction of sp³-hybridized carbons (Fsp3) is 0.333. The molecule has 3 N–H and O–H groups in total. The average Bonchev–Trinajstić information content (AvgIpc) is 2.96. The molecular formula is C15H19N3OS. The van der Waals surface area contributed by atoms with E-state index < -0.39 is 0 Å². The zero-order valence-corrected chi connectivity index (χ0v) is 12.5. The number of nitrogens with zero attached hydrogens (tertiary/aromatic N) is 1. The van der Waals surface area contributed by atoms with Crippen LogP contribution >= 0.6 is 11.3 Å². The lowest BCUT2D eigenvalue weighted by Gasteiger charge is -2.13. The van der Waals surface area contributed by atoms with Gasteiger partial charge in [-0.3, -0.25) is 4.79 Å². The largest absolute Gasteiger partial charge is 0.344 e. The average molecular weight is 289 g/mol. The third-order valence-electron chi connectivity index (χ3n) is 3.19. The second-order valence-electron chi connectivity index (χ2n) is 4.62. The van der Waals surface area contributed by atoms with E-state index in [1.807, 2.05) is 6.92 Å². The number of rotatable bonds is 5. The second-order valence-corrected chi connectivity index (χ2v) is 5.56. The van der Waals surface area contributed by atoms with Gasteiger partial charge in [-0.1, -0.05) is 31.2 Å². The van der Waals surface area contributed by atoms with Crippen LogP contribution in [0.5, 0.6) is 0 Å². The topological polar surface area (TPSA) is 68.0 Å². The summed E-state index contributed by atoms with van der Waals surface area (Å²) in [7, 11) is 0. The van der Waals surface area contributed by atoms with Crippen molar-refractivity contribution in [2.45, 2.75) is 32.9 Å². The van der Waals surface area contributed by atoms with Crippen molar-refractivity contribution in [1.82, 2.24) is 10.3 Å². The van der Waals surface area contributed by atoms with Crippen LogP contribution in [-0.4, -0.2) is 10.9 Å². The molecule has 0 aliphatic heterocycles. The van der Waals surface area contributed by atoms with E-state index in [0.29, 0.717) is 12.2 Å². The smallest absolute Gasteiger partial charge is 0.271 e. The number of benzene rings is 1. The van der Waals surface area contributed by atoms with Gasteiger partial charge >= 0.3 is 0 Å². The van der Waals surface area contributed by atoms with E-state index >= 15 is 0 Å². The molecule has 1 aromatic carbocycles. The minimum Gasteiger partial charge on any atom is -0.344 e. The monoisotopic (exact) mass is 289 g/mol. The van der Waals surface area contributed by atoms with Gasteiger partial charge in [-0.25, -0.2) is 4.98 Å². The second kappa shape index (κ2) is 6.63. The maximum Gasteiger partial charge on any atom is 0.271 e. The van der Waals surface area contributed by atoms with E-state index in [9.17, 15) is 4.79 Å². The molecule has 106 valence electrons. The number of carbonyl (C=O) groups excluding carboxylic acids is 1. The van der Waals surface area contributed by atoms with Gasteiger partial charge in [0.2, 0.25) is 0 Å². The predicted octanol–water partition coefficient (Wildman–Crippen LogP) is 2.66. The fourth-order valence-corrected chi connectivity index (χ4v) is 2.56. The van der Waals surface area contributed by atoms with Crippen molar-refractivity contribution in [2.24, 2.45) is 5.73 Å². The number of hydrogen-bond donors (Lipinski definition) is 2. The maximum atomic E-state index is 12.1. The normalized spacial score (nSPS) is 12.2. The van der Waals surface area contributed by atoms with E-state index in [4.69, 9.17) is 5.73 Å². The number of thiazole rings is 1. The summed E-state index contributed by atoms with van der Waals surface area (Å²) < 4.78 is 0. The molecule has 5 heteroatoms. The lowest BCUT2D eigenvalue weighted by molar-refractivity contribution is 0.0935. The Labute approximate surface area is 123 Å². The highest BCUT2D eigenvalue weighted by atomic mass is 32.1. The van der Waals surface area contributed by atoms with Crippen LogP contribution in [0.15, 0.2) is 29.6 Å². The molecule has 20 heavy (non-hydrogen) atoms. The zero-order valence-electron chi connectivity index (χ0n) is 11.7. The number of nitrogens with two attached hydrogens (primary N) is 1. The van der Waals surface area contributed by atoms with Gasteiger partial charge in [0.25, 0.3) is 5.91 Å². The quantitative estimate of drug-likeness (QED) is 0.889. The maximum absolute atomic E-state index is 12.1. The van der Waals surface area contributed by atoms with Crippen LogP contribution < -0.4 is 11.1 Å². The third kappa shape index (κ3) is 3.43. The third-order valence-corrected chi connectivity index (χ3v) is 4.07. The Kier molecular flexibility index (Phi) is 4.87. The Bertz CT molecular complexity index is 577. The molecule has 0 aliphatic rings. The van der Waals surface area contributed by atoms with Gasteiger partial charge in [0.05, 0.1) is 6.04 Å². The fourth-order valence-electron chi connectivity index (χ4n) is 1.90. The molecule has 0 fully saturated rings. The molecule has 0 saturated heterocycles. The van der Waals surface area contributed by atoms with Crippen molar-refractivity contribution in [1.29, 1.82) is 0 Å². The Morgan fingerprint density at radius 2 is 2.10 bits per heavy atom. The van der Waals surface area contributed by atoms with Crippen LogP contribution in [0.3, 0.4) is 0 Å². The highest BCUT2D eigenvalue weighted by molar-refractivity contribution is 7.09. The van der Waals surface area contributed by atoms with Crippen molar-refractivity contribution >= 4 is 17.2 Å². The van der Waals surface area contributed by atoms with Crippen molar-refractivity contribution in [3.05, 3.63) is 51.5 Å². The first-order chi connectivity index (χ1) is 9.63. The predicted molar refractivity (Wildman–Crippen MR) is 81.7 cm³/mol. The number of hydrogen-bond acceptors (Lipinski definition) is 4. The van der Waals surface area contributed by atoms with Crippen molar-refractivity contribution in [3.8, 4) is 0 Å². The van der Waals surface area contributed by atoms with Gasteiger partial charge in [-0.15, -0.1) is 11.3 Å². The van der Waals surface area contributed by atoms with E-state index in [-0.39, 0.29) is 11.9 Å². The molecule has 0 aliphatic carbocycles. The Balaban J connectivity index is 2.02. The van der Waals surface area contributed by atoms with Gasteiger partial charge in [-0.05, 0) is 24.5 Å². The number of aryl methyl sites for hydroxylation is 1. The highest BCUT2D eigenvalue weighted by Gasteiger charge is 2.14. The lowest BCUT2D eigenvalue weighted by Crippen LogP contribution is -2.27. The van der Waals surface area contributed by atoms with Gasteiger partial charge in [0.1, 0.15) is 10.7 Å². The number of amides is 1. The first-order valence-electron chi connectivity index (χ1n) is 6.68. The molecule has 0 bridgehead atoms. The number of aromatic nitrogens is 1. The zero-order chi connectivity index (χ0) is 14.5. The van der Waals surface area contributed by atoms with E-state index in [1.165, 1.54) is 16.9 Å². The van der Waals surface area contributed by atoms with Gasteiger partial charge in [-0.2, -0.15) is 0 Å². The van der Waals surface area contributed by atoms with Crippen LogP contribution in [0.1, 0.15) is 46.5 Å². The van der Waals surface area contributed by atoms with Gasteiger partial charge in [0, 0.05) is 11.9 Å². The molecule has 2 rings (SSSR count). The van der Waals surface area contributed by atoms with E-state index in [2.05, 4.69) is 41.5 Å². The van der Waals surface area contributed by atoms with Gasteiger partial charge in [0.15, 0.2) is 0 Å². The van der Waals surface area contributed by atoms with Gasteiger partial charge < -0.3 is 11.1 Å². The minimum absolute atomic E-state index is 0.0450. The summed E-state index contributed by atoms with van der Waals surface area (Å²) in [6.07, 6.45) is 1.02. The van der Waals surface area contributed by atoms with E-state index in [0.717, 1.165) is 17.0 Å². The lowest BCUT2D eigenvalue weighted by atomic mass is 10.0. The molecule has 4 nitrogen and oxygen atoms in total. The van der Waals surface area contributed by atoms with Crippen molar-refractivity contribution in [3.63, 3.8) is 0 Å².